The summed E-state index contributed by atoms with van der Waals surface area (Å²) in [7, 11) is 5.20. The zero-order valence-corrected chi connectivity index (χ0v) is 11.2. The second-order valence-electron chi connectivity index (χ2n) is 4.43. The number of hydrogen-bond donors (Lipinski definition) is 0. The highest BCUT2D eigenvalue weighted by Gasteiger charge is 2.11. The zero-order chi connectivity index (χ0) is 13.5. The molecule has 1 rings (SSSR count). The predicted molar refractivity (Wildman–Crippen MR) is 72.4 cm³/mol. The maximum absolute atomic E-state index is 11.9. The normalized spacial score (nSPS) is 9.94. The molecule has 2 amide bonds. The maximum atomic E-state index is 11.9. The van der Waals surface area contributed by atoms with Crippen LogP contribution >= 0.6 is 0 Å². The van der Waals surface area contributed by atoms with Gasteiger partial charge >= 0.3 is 0 Å². The second kappa shape index (κ2) is 6.79. The van der Waals surface area contributed by atoms with Crippen molar-refractivity contribution in [1.82, 2.24) is 4.90 Å². The Morgan fingerprint density at radius 2 is 1.50 bits per heavy atom. The van der Waals surface area contributed by atoms with Gasteiger partial charge in [-0.3, -0.25) is 9.59 Å². The standard InChI is InChI=1S/C14H20N2O2/c1-15(2)13(17)10-7-11-14(18)16(3)12-8-5-4-6-9-12/h4-6,8-9H,7,10-11H2,1-3H3. The highest BCUT2D eigenvalue weighted by atomic mass is 16.2. The third-order valence-corrected chi connectivity index (χ3v) is 2.80. The number of carbonyl (C=O) groups excluding carboxylic acids is 2. The summed E-state index contributed by atoms with van der Waals surface area (Å²) < 4.78 is 0. The van der Waals surface area contributed by atoms with E-state index in [0.717, 1.165) is 5.69 Å². The van der Waals surface area contributed by atoms with Crippen LogP contribution in [0.25, 0.3) is 0 Å². The van der Waals surface area contributed by atoms with Crippen molar-refractivity contribution in [2.24, 2.45) is 0 Å². The summed E-state index contributed by atoms with van der Waals surface area (Å²) >= 11 is 0. The van der Waals surface area contributed by atoms with Crippen LogP contribution in [0.15, 0.2) is 30.3 Å². The van der Waals surface area contributed by atoms with E-state index in [1.807, 2.05) is 30.3 Å². The molecule has 0 radical (unpaired) electrons. The van der Waals surface area contributed by atoms with Crippen LogP contribution in [-0.2, 0) is 9.59 Å². The molecule has 4 heteroatoms. The molecule has 0 spiro atoms. The van der Waals surface area contributed by atoms with Gasteiger partial charge in [0, 0.05) is 39.7 Å². The smallest absolute Gasteiger partial charge is 0.226 e. The molecule has 98 valence electrons. The highest BCUT2D eigenvalue weighted by Crippen LogP contribution is 2.13. The van der Waals surface area contributed by atoms with Gasteiger partial charge in [0.2, 0.25) is 11.8 Å². The van der Waals surface area contributed by atoms with Gasteiger partial charge in [-0.2, -0.15) is 0 Å². The Balaban J connectivity index is 2.40. The van der Waals surface area contributed by atoms with Crippen LogP contribution < -0.4 is 4.90 Å². The van der Waals surface area contributed by atoms with Gasteiger partial charge in [0.25, 0.3) is 0 Å². The van der Waals surface area contributed by atoms with E-state index >= 15 is 0 Å². The third-order valence-electron chi connectivity index (χ3n) is 2.80. The number of anilines is 1. The van der Waals surface area contributed by atoms with Gasteiger partial charge in [0.15, 0.2) is 0 Å². The molecule has 18 heavy (non-hydrogen) atoms. The average molecular weight is 248 g/mol. The third kappa shape index (κ3) is 4.20. The van der Waals surface area contributed by atoms with E-state index in [2.05, 4.69) is 0 Å². The average Bonchev–Trinajstić information content (AvgIpc) is 2.38. The Morgan fingerprint density at radius 1 is 0.944 bits per heavy atom. The molecule has 0 bridgehead atoms. The number of para-hydroxylation sites is 1. The Bertz CT molecular complexity index is 402. The van der Waals surface area contributed by atoms with Crippen LogP contribution in [0.2, 0.25) is 0 Å². The van der Waals surface area contributed by atoms with Crippen molar-refractivity contribution in [1.29, 1.82) is 0 Å². The van der Waals surface area contributed by atoms with Crippen molar-refractivity contribution in [3.8, 4) is 0 Å². The highest BCUT2D eigenvalue weighted by molar-refractivity contribution is 5.92. The van der Waals surface area contributed by atoms with E-state index in [1.54, 1.807) is 30.9 Å². The minimum Gasteiger partial charge on any atom is -0.349 e. The molecule has 0 saturated heterocycles. The predicted octanol–water partition coefficient (Wildman–Crippen LogP) is 1.91. The Morgan fingerprint density at radius 3 is 2.06 bits per heavy atom. The van der Waals surface area contributed by atoms with E-state index in [4.69, 9.17) is 0 Å². The molecule has 0 aliphatic heterocycles. The van der Waals surface area contributed by atoms with Crippen LogP contribution in [0, 0.1) is 0 Å². The van der Waals surface area contributed by atoms with Crippen molar-refractivity contribution in [2.45, 2.75) is 19.3 Å². The molecule has 0 heterocycles. The first-order chi connectivity index (χ1) is 8.52. The quantitative estimate of drug-likeness (QED) is 0.798. The molecule has 0 saturated carbocycles. The molecule has 0 fully saturated rings. The maximum Gasteiger partial charge on any atom is 0.226 e. The monoisotopic (exact) mass is 248 g/mol. The molecule has 1 aromatic carbocycles. The van der Waals surface area contributed by atoms with Gasteiger partial charge in [-0.15, -0.1) is 0 Å². The van der Waals surface area contributed by atoms with E-state index in [0.29, 0.717) is 19.3 Å². The van der Waals surface area contributed by atoms with E-state index in [-0.39, 0.29) is 11.8 Å². The number of rotatable bonds is 5. The fourth-order valence-corrected chi connectivity index (χ4v) is 1.58. The number of hydrogen-bond acceptors (Lipinski definition) is 2. The van der Waals surface area contributed by atoms with Gasteiger partial charge in [-0.05, 0) is 18.6 Å². The summed E-state index contributed by atoms with van der Waals surface area (Å²) in [5, 5.41) is 0. The SMILES string of the molecule is CN(C)C(=O)CCCC(=O)N(C)c1ccccc1. The largest absolute Gasteiger partial charge is 0.349 e. The summed E-state index contributed by atoms with van der Waals surface area (Å²) in [4.78, 5) is 26.4. The lowest BCUT2D eigenvalue weighted by Crippen LogP contribution is -2.26. The van der Waals surface area contributed by atoms with Crippen LogP contribution in [0.5, 0.6) is 0 Å². The summed E-state index contributed by atoms with van der Waals surface area (Å²) in [5.41, 5.74) is 0.876. The number of amides is 2. The molecule has 0 atom stereocenters. The van der Waals surface area contributed by atoms with E-state index in [9.17, 15) is 9.59 Å². The lowest BCUT2D eigenvalue weighted by Gasteiger charge is -2.17. The first kappa shape index (κ1) is 14.2. The van der Waals surface area contributed by atoms with Gasteiger partial charge in [0.05, 0.1) is 0 Å². The van der Waals surface area contributed by atoms with Gasteiger partial charge < -0.3 is 9.80 Å². The van der Waals surface area contributed by atoms with Crippen molar-refractivity contribution in [2.75, 3.05) is 26.0 Å². The number of carbonyl (C=O) groups is 2. The van der Waals surface area contributed by atoms with Gasteiger partial charge in [0.1, 0.15) is 0 Å². The van der Waals surface area contributed by atoms with Crippen molar-refractivity contribution in [3.05, 3.63) is 30.3 Å². The summed E-state index contributed by atoms with van der Waals surface area (Å²) in [6.45, 7) is 0. The minimum atomic E-state index is 0.0350. The lowest BCUT2D eigenvalue weighted by molar-refractivity contribution is -0.128. The van der Waals surface area contributed by atoms with Crippen LogP contribution in [0.4, 0.5) is 5.69 Å². The molecule has 1 aromatic rings. The van der Waals surface area contributed by atoms with Crippen LogP contribution in [0.3, 0.4) is 0 Å². The Hall–Kier alpha value is -1.84. The van der Waals surface area contributed by atoms with Crippen LogP contribution in [-0.4, -0.2) is 37.9 Å². The first-order valence-electron chi connectivity index (χ1n) is 6.04. The molecule has 0 aromatic heterocycles. The van der Waals surface area contributed by atoms with Gasteiger partial charge in [-0.1, -0.05) is 18.2 Å². The molecule has 0 aliphatic carbocycles. The molecule has 4 nitrogen and oxygen atoms in total. The summed E-state index contributed by atoms with van der Waals surface area (Å²) in [5.74, 6) is 0.0953. The van der Waals surface area contributed by atoms with Crippen molar-refractivity contribution < 1.29 is 9.59 Å². The number of nitrogens with zero attached hydrogens (tertiary/aromatic N) is 2. The second-order valence-corrected chi connectivity index (χ2v) is 4.43. The van der Waals surface area contributed by atoms with Crippen molar-refractivity contribution in [3.63, 3.8) is 0 Å². The Kier molecular flexibility index (Phi) is 5.36. The fourth-order valence-electron chi connectivity index (χ4n) is 1.58. The van der Waals surface area contributed by atoms with Gasteiger partial charge in [-0.25, -0.2) is 0 Å². The zero-order valence-electron chi connectivity index (χ0n) is 11.2. The summed E-state index contributed by atoms with van der Waals surface area (Å²) in [6, 6.07) is 9.49. The topological polar surface area (TPSA) is 40.6 Å². The minimum absolute atomic E-state index is 0.0350. The van der Waals surface area contributed by atoms with Crippen molar-refractivity contribution >= 4 is 17.5 Å². The first-order valence-corrected chi connectivity index (χ1v) is 6.04. The molecule has 0 N–H and O–H groups in total. The molecule has 0 aliphatic rings. The molecular weight excluding hydrogens is 228 g/mol. The van der Waals surface area contributed by atoms with E-state index < -0.39 is 0 Å². The lowest BCUT2D eigenvalue weighted by atomic mass is 10.2. The number of benzene rings is 1. The summed E-state index contributed by atoms with van der Waals surface area (Å²) in [6.07, 6.45) is 1.40. The molecule has 0 unspecified atom stereocenters. The Labute approximate surface area is 108 Å². The van der Waals surface area contributed by atoms with Crippen LogP contribution in [0.1, 0.15) is 19.3 Å². The van der Waals surface area contributed by atoms with E-state index in [1.165, 1.54) is 0 Å². The molecular formula is C14H20N2O2. The fraction of sp³-hybridized carbons (Fsp3) is 0.429.